The van der Waals surface area contributed by atoms with Crippen molar-refractivity contribution in [1.82, 2.24) is 10.1 Å². The summed E-state index contributed by atoms with van der Waals surface area (Å²) in [5.74, 6) is 0.925. The zero-order chi connectivity index (χ0) is 18.2. The summed E-state index contributed by atoms with van der Waals surface area (Å²) in [5.41, 5.74) is -0.287. The zero-order valence-electron chi connectivity index (χ0n) is 13.5. The first kappa shape index (κ1) is 17.3. The zero-order valence-corrected chi connectivity index (χ0v) is 14.3. The molecule has 1 aromatic carbocycles. The van der Waals surface area contributed by atoms with Gasteiger partial charge < -0.3 is 9.42 Å². The number of aryl methyl sites for hydroxylation is 1. The first-order valence-corrected chi connectivity index (χ1v) is 9.17. The molecule has 11 heteroatoms. The monoisotopic (exact) mass is 367 g/mol. The Morgan fingerprint density at radius 3 is 2.80 bits per heavy atom. The summed E-state index contributed by atoms with van der Waals surface area (Å²) < 4.78 is 28.6. The number of primary sulfonamides is 1. The molecule has 0 aliphatic carbocycles. The van der Waals surface area contributed by atoms with Crippen molar-refractivity contribution in [2.75, 3.05) is 18.0 Å². The number of sulfonamides is 1. The maximum atomic E-state index is 11.7. The summed E-state index contributed by atoms with van der Waals surface area (Å²) in [7, 11) is -4.21. The van der Waals surface area contributed by atoms with Gasteiger partial charge in [-0.3, -0.25) is 10.1 Å². The Labute approximate surface area is 143 Å². The van der Waals surface area contributed by atoms with Crippen molar-refractivity contribution in [2.45, 2.75) is 30.6 Å². The molecule has 134 valence electrons. The van der Waals surface area contributed by atoms with Gasteiger partial charge >= 0.3 is 5.69 Å². The van der Waals surface area contributed by atoms with E-state index in [1.165, 1.54) is 12.1 Å². The molecule has 1 atom stereocenters. The van der Waals surface area contributed by atoms with Gasteiger partial charge in [-0.2, -0.15) is 4.98 Å². The smallest absolute Gasteiger partial charge is 0.312 e. The summed E-state index contributed by atoms with van der Waals surface area (Å²) in [5, 5.41) is 20.4. The van der Waals surface area contributed by atoms with Gasteiger partial charge in [-0.1, -0.05) is 11.2 Å². The Balaban J connectivity index is 2.00. The van der Waals surface area contributed by atoms with Crippen LogP contribution >= 0.6 is 0 Å². The van der Waals surface area contributed by atoms with E-state index in [9.17, 15) is 18.5 Å². The van der Waals surface area contributed by atoms with Gasteiger partial charge in [0.05, 0.1) is 10.8 Å². The highest BCUT2D eigenvalue weighted by Gasteiger charge is 2.33. The molecular weight excluding hydrogens is 350 g/mol. The van der Waals surface area contributed by atoms with Crippen molar-refractivity contribution in [2.24, 2.45) is 5.14 Å². The van der Waals surface area contributed by atoms with Gasteiger partial charge in [0, 0.05) is 13.1 Å². The minimum Gasteiger partial charge on any atom is -0.365 e. The van der Waals surface area contributed by atoms with E-state index in [1.54, 1.807) is 11.8 Å². The predicted molar refractivity (Wildman–Crippen MR) is 87.7 cm³/mol. The standard InChI is InChI=1S/C14H17N5O5S/c1-9-16-14(24-17-9)10-4-3-7-18(8-10)11-5-2-6-12(25(15,22)23)13(11)19(20)21/h2,5-6,10H,3-4,7-8H2,1H3,(H2,15,22,23). The molecule has 2 aromatic rings. The van der Waals surface area contributed by atoms with Crippen molar-refractivity contribution < 1.29 is 17.9 Å². The second-order valence-corrected chi connectivity index (χ2v) is 7.42. The van der Waals surface area contributed by atoms with Crippen LogP contribution in [-0.4, -0.2) is 36.6 Å². The number of nitro benzene ring substituents is 1. The molecule has 3 rings (SSSR count). The van der Waals surface area contributed by atoms with E-state index in [4.69, 9.17) is 9.66 Å². The summed E-state index contributed by atoms with van der Waals surface area (Å²) in [6.45, 7) is 2.68. The maximum Gasteiger partial charge on any atom is 0.312 e. The van der Waals surface area contributed by atoms with Crippen molar-refractivity contribution in [3.8, 4) is 0 Å². The molecule has 0 radical (unpaired) electrons. The molecule has 0 amide bonds. The molecule has 1 aromatic heterocycles. The summed E-state index contributed by atoms with van der Waals surface area (Å²) in [4.78, 5) is 16.3. The lowest BCUT2D eigenvalue weighted by Crippen LogP contribution is -2.35. The fraction of sp³-hybridized carbons (Fsp3) is 0.429. The maximum absolute atomic E-state index is 11.7. The van der Waals surface area contributed by atoms with E-state index in [0.717, 1.165) is 18.9 Å². The molecule has 0 bridgehead atoms. The number of nitrogens with zero attached hydrogens (tertiary/aromatic N) is 4. The number of para-hydroxylation sites is 1. The Morgan fingerprint density at radius 2 is 2.20 bits per heavy atom. The predicted octanol–water partition coefficient (Wildman–Crippen LogP) is 1.32. The fourth-order valence-electron chi connectivity index (χ4n) is 3.06. The largest absolute Gasteiger partial charge is 0.365 e. The molecule has 0 saturated carbocycles. The highest BCUT2D eigenvalue weighted by atomic mass is 32.2. The van der Waals surface area contributed by atoms with E-state index in [0.29, 0.717) is 24.8 Å². The average Bonchev–Trinajstić information content (AvgIpc) is 3.00. The van der Waals surface area contributed by atoms with Crippen LogP contribution < -0.4 is 10.0 Å². The number of aromatic nitrogens is 2. The SMILES string of the molecule is Cc1noc(C2CCCN(c3cccc(S(N)(=O)=O)c3[N+](=O)[O-])C2)n1. The van der Waals surface area contributed by atoms with Crippen LogP contribution in [0.15, 0.2) is 27.6 Å². The summed E-state index contributed by atoms with van der Waals surface area (Å²) >= 11 is 0. The summed E-state index contributed by atoms with van der Waals surface area (Å²) in [6.07, 6.45) is 1.56. The number of nitro groups is 1. The molecule has 0 spiro atoms. The number of hydrogen-bond donors (Lipinski definition) is 1. The molecule has 1 aliphatic heterocycles. The molecular formula is C14H17N5O5S. The number of anilines is 1. The highest BCUT2D eigenvalue weighted by Crippen LogP contribution is 2.37. The van der Waals surface area contributed by atoms with Crippen LogP contribution in [0.5, 0.6) is 0 Å². The summed E-state index contributed by atoms with van der Waals surface area (Å²) in [6, 6.07) is 4.11. The van der Waals surface area contributed by atoms with E-state index < -0.39 is 25.5 Å². The van der Waals surface area contributed by atoms with Crippen LogP contribution in [0.1, 0.15) is 30.5 Å². The van der Waals surface area contributed by atoms with Crippen LogP contribution in [0, 0.1) is 17.0 Å². The lowest BCUT2D eigenvalue weighted by molar-refractivity contribution is -0.387. The van der Waals surface area contributed by atoms with Crippen LogP contribution in [0.2, 0.25) is 0 Å². The fourth-order valence-corrected chi connectivity index (χ4v) is 3.77. The van der Waals surface area contributed by atoms with Gasteiger partial charge in [-0.15, -0.1) is 0 Å². The van der Waals surface area contributed by atoms with Gasteiger partial charge in [0.2, 0.25) is 15.9 Å². The van der Waals surface area contributed by atoms with Crippen LogP contribution in [-0.2, 0) is 10.0 Å². The van der Waals surface area contributed by atoms with E-state index in [2.05, 4.69) is 10.1 Å². The minimum atomic E-state index is -4.21. The first-order chi connectivity index (χ1) is 11.8. The van der Waals surface area contributed by atoms with Gasteiger partial charge in [-0.05, 0) is 31.9 Å². The van der Waals surface area contributed by atoms with E-state index in [1.807, 2.05) is 0 Å². The van der Waals surface area contributed by atoms with Crippen molar-refractivity contribution in [3.63, 3.8) is 0 Å². The molecule has 25 heavy (non-hydrogen) atoms. The minimum absolute atomic E-state index is 0.0762. The van der Waals surface area contributed by atoms with Gasteiger partial charge in [0.25, 0.3) is 0 Å². The van der Waals surface area contributed by atoms with Gasteiger partial charge in [-0.25, -0.2) is 13.6 Å². The number of piperidine rings is 1. The van der Waals surface area contributed by atoms with E-state index >= 15 is 0 Å². The third kappa shape index (κ3) is 3.46. The Bertz CT molecular complexity index is 910. The normalized spacial score (nSPS) is 18.3. The molecule has 10 nitrogen and oxygen atoms in total. The number of benzene rings is 1. The topological polar surface area (TPSA) is 145 Å². The Morgan fingerprint density at radius 1 is 1.44 bits per heavy atom. The molecule has 2 heterocycles. The van der Waals surface area contributed by atoms with Crippen LogP contribution in [0.4, 0.5) is 11.4 Å². The van der Waals surface area contributed by atoms with Gasteiger partial charge in [0.15, 0.2) is 10.7 Å². The Hall–Kier alpha value is -2.53. The average molecular weight is 367 g/mol. The van der Waals surface area contributed by atoms with Gasteiger partial charge in [0.1, 0.15) is 5.69 Å². The first-order valence-electron chi connectivity index (χ1n) is 7.62. The molecule has 1 saturated heterocycles. The lowest BCUT2D eigenvalue weighted by atomic mass is 9.97. The second kappa shape index (κ2) is 6.41. The number of nitrogens with two attached hydrogens (primary N) is 1. The molecule has 1 unspecified atom stereocenters. The van der Waals surface area contributed by atoms with Crippen molar-refractivity contribution >= 4 is 21.4 Å². The number of rotatable bonds is 4. The quantitative estimate of drug-likeness (QED) is 0.629. The van der Waals surface area contributed by atoms with Crippen LogP contribution in [0.25, 0.3) is 0 Å². The second-order valence-electron chi connectivity index (χ2n) is 5.89. The lowest BCUT2D eigenvalue weighted by Gasteiger charge is -2.32. The van der Waals surface area contributed by atoms with Crippen molar-refractivity contribution in [1.29, 1.82) is 0 Å². The third-order valence-electron chi connectivity index (χ3n) is 4.12. The van der Waals surface area contributed by atoms with E-state index in [-0.39, 0.29) is 11.6 Å². The molecule has 1 fully saturated rings. The third-order valence-corrected chi connectivity index (χ3v) is 5.06. The number of hydrogen-bond acceptors (Lipinski definition) is 8. The van der Waals surface area contributed by atoms with Crippen molar-refractivity contribution in [3.05, 3.63) is 40.0 Å². The Kier molecular flexibility index (Phi) is 4.43. The highest BCUT2D eigenvalue weighted by molar-refractivity contribution is 7.89. The molecule has 2 N–H and O–H groups in total. The van der Waals surface area contributed by atoms with Crippen LogP contribution in [0.3, 0.4) is 0 Å². The molecule has 1 aliphatic rings.